The minimum Gasteiger partial charge on any atom is -0.444 e. The molecule has 0 aliphatic carbocycles. The molecular formula is C20H25F3N4O3. The normalized spacial score (nSPS) is 16.5. The van der Waals surface area contributed by atoms with Gasteiger partial charge in [0, 0.05) is 24.7 Å². The zero-order valence-corrected chi connectivity index (χ0v) is 17.1. The molecule has 0 spiro atoms. The molecule has 7 nitrogen and oxygen atoms in total. The number of hydrogen-bond donors (Lipinski definition) is 1. The van der Waals surface area contributed by atoms with Gasteiger partial charge in [0.25, 0.3) is 0 Å². The molecular weight excluding hydrogens is 401 g/mol. The van der Waals surface area contributed by atoms with E-state index in [4.69, 9.17) is 9.26 Å². The molecule has 0 radical (unpaired) electrons. The van der Waals surface area contributed by atoms with Crippen molar-refractivity contribution in [1.29, 1.82) is 0 Å². The average molecular weight is 426 g/mol. The smallest absolute Gasteiger partial charge is 0.416 e. The maximum Gasteiger partial charge on any atom is 0.416 e. The van der Waals surface area contributed by atoms with Crippen molar-refractivity contribution in [2.24, 2.45) is 0 Å². The van der Waals surface area contributed by atoms with E-state index < -0.39 is 23.4 Å². The summed E-state index contributed by atoms with van der Waals surface area (Å²) >= 11 is 0. The quantitative estimate of drug-likeness (QED) is 0.788. The van der Waals surface area contributed by atoms with Crippen LogP contribution in [0.15, 0.2) is 28.8 Å². The molecule has 2 heterocycles. The lowest BCUT2D eigenvalue weighted by atomic mass is 10.1. The molecule has 0 bridgehead atoms. The van der Waals surface area contributed by atoms with Crippen LogP contribution in [0.3, 0.4) is 0 Å². The van der Waals surface area contributed by atoms with Gasteiger partial charge in [0.1, 0.15) is 5.60 Å². The summed E-state index contributed by atoms with van der Waals surface area (Å²) in [6, 6.07) is 4.86. The molecule has 1 aliphatic rings. The lowest BCUT2D eigenvalue weighted by Crippen LogP contribution is -2.45. The fourth-order valence-electron chi connectivity index (χ4n) is 3.17. The molecule has 30 heavy (non-hydrogen) atoms. The fourth-order valence-corrected chi connectivity index (χ4v) is 3.17. The highest BCUT2D eigenvalue weighted by molar-refractivity contribution is 5.68. The van der Waals surface area contributed by atoms with Crippen LogP contribution in [0.1, 0.15) is 45.1 Å². The topological polar surface area (TPSA) is 80.5 Å². The molecule has 1 aliphatic heterocycles. The molecule has 0 unspecified atom stereocenters. The highest BCUT2D eigenvalue weighted by Crippen LogP contribution is 2.31. The van der Waals surface area contributed by atoms with Crippen LogP contribution in [0.4, 0.5) is 18.0 Å². The summed E-state index contributed by atoms with van der Waals surface area (Å²) in [5.74, 6) is 0.457. The largest absolute Gasteiger partial charge is 0.444 e. The molecule has 1 N–H and O–H groups in total. The fraction of sp³-hybridized carbons (Fsp3) is 0.550. The second-order valence-electron chi connectivity index (χ2n) is 8.29. The molecule has 1 fully saturated rings. The molecule has 0 atom stereocenters. The van der Waals surface area contributed by atoms with Gasteiger partial charge in [-0.1, -0.05) is 17.3 Å². The third kappa shape index (κ3) is 6.19. The van der Waals surface area contributed by atoms with Crippen LogP contribution in [0.5, 0.6) is 0 Å². The zero-order valence-electron chi connectivity index (χ0n) is 17.1. The lowest BCUT2D eigenvalue weighted by molar-refractivity contribution is -0.137. The summed E-state index contributed by atoms with van der Waals surface area (Å²) in [5, 5.41) is 6.68. The Bertz CT molecular complexity index is 869. The maximum absolute atomic E-state index is 12.9. The first kappa shape index (κ1) is 22.1. The van der Waals surface area contributed by atoms with Gasteiger partial charge in [-0.25, -0.2) is 4.79 Å². The number of alkyl carbamates (subject to hydrolysis) is 1. The van der Waals surface area contributed by atoms with Crippen molar-refractivity contribution < 1.29 is 27.2 Å². The predicted octanol–water partition coefficient (Wildman–Crippen LogP) is 4.24. The summed E-state index contributed by atoms with van der Waals surface area (Å²) in [7, 11) is 0. The summed E-state index contributed by atoms with van der Waals surface area (Å²) in [4.78, 5) is 18.2. The van der Waals surface area contributed by atoms with Crippen molar-refractivity contribution in [3.05, 3.63) is 35.7 Å². The average Bonchev–Trinajstić information content (AvgIpc) is 3.10. The van der Waals surface area contributed by atoms with Crippen molar-refractivity contribution in [3.63, 3.8) is 0 Å². The first-order valence-corrected chi connectivity index (χ1v) is 9.72. The highest BCUT2D eigenvalue weighted by atomic mass is 19.4. The predicted molar refractivity (Wildman–Crippen MR) is 102 cm³/mol. The van der Waals surface area contributed by atoms with Gasteiger partial charge >= 0.3 is 12.3 Å². The number of rotatable bonds is 4. The van der Waals surface area contributed by atoms with E-state index in [0.29, 0.717) is 25.5 Å². The van der Waals surface area contributed by atoms with E-state index in [-0.39, 0.29) is 17.4 Å². The number of aromatic nitrogens is 2. The van der Waals surface area contributed by atoms with Crippen LogP contribution < -0.4 is 5.32 Å². The Hall–Kier alpha value is -2.62. The van der Waals surface area contributed by atoms with Crippen molar-refractivity contribution in [1.82, 2.24) is 20.4 Å². The Morgan fingerprint density at radius 2 is 1.97 bits per heavy atom. The van der Waals surface area contributed by atoms with E-state index in [1.165, 1.54) is 12.1 Å². The number of hydrogen-bond acceptors (Lipinski definition) is 6. The second-order valence-corrected chi connectivity index (χ2v) is 8.29. The number of carbonyl (C=O) groups excluding carboxylic acids is 1. The monoisotopic (exact) mass is 426 g/mol. The Morgan fingerprint density at radius 1 is 1.27 bits per heavy atom. The summed E-state index contributed by atoms with van der Waals surface area (Å²) < 4.78 is 49.1. The Kier molecular flexibility index (Phi) is 6.35. The third-order valence-corrected chi connectivity index (χ3v) is 4.58. The zero-order chi connectivity index (χ0) is 21.9. The number of halogens is 3. The molecule has 3 rings (SSSR count). The van der Waals surface area contributed by atoms with E-state index in [0.717, 1.165) is 25.0 Å². The number of nitrogens with one attached hydrogen (secondary N) is 1. The molecule has 10 heteroatoms. The Morgan fingerprint density at radius 3 is 2.60 bits per heavy atom. The Balaban J connectivity index is 1.52. The molecule has 0 saturated carbocycles. The molecule has 1 aromatic heterocycles. The van der Waals surface area contributed by atoms with E-state index in [1.807, 2.05) is 20.8 Å². The number of alkyl halides is 3. The first-order chi connectivity index (χ1) is 14.0. The lowest BCUT2D eigenvalue weighted by Gasteiger charge is -2.31. The number of nitrogens with zero attached hydrogens (tertiary/aromatic N) is 3. The summed E-state index contributed by atoms with van der Waals surface area (Å²) in [5.41, 5.74) is -1.05. The van der Waals surface area contributed by atoms with Crippen LogP contribution >= 0.6 is 0 Å². The summed E-state index contributed by atoms with van der Waals surface area (Å²) in [6.07, 6.45) is -3.37. The maximum atomic E-state index is 12.9. The van der Waals surface area contributed by atoms with Gasteiger partial charge in [-0.15, -0.1) is 0 Å². The summed E-state index contributed by atoms with van der Waals surface area (Å²) in [6.45, 7) is 7.25. The van der Waals surface area contributed by atoms with Gasteiger partial charge < -0.3 is 14.6 Å². The van der Waals surface area contributed by atoms with E-state index in [1.54, 1.807) is 0 Å². The molecule has 1 saturated heterocycles. The van der Waals surface area contributed by atoms with Gasteiger partial charge in [-0.05, 0) is 45.7 Å². The van der Waals surface area contributed by atoms with E-state index >= 15 is 0 Å². The number of piperidine rings is 1. The highest BCUT2D eigenvalue weighted by Gasteiger charge is 2.31. The number of amides is 1. The second kappa shape index (κ2) is 8.63. The van der Waals surface area contributed by atoms with Crippen LogP contribution in [-0.4, -0.2) is 45.9 Å². The van der Waals surface area contributed by atoms with Gasteiger partial charge in [0.05, 0.1) is 12.1 Å². The minimum atomic E-state index is -4.43. The standard InChI is InChI=1S/C20H25F3N4O3/c1-19(2,3)29-18(28)24-15-7-9-27(10-8-15)12-16-25-17(26-30-16)13-5-4-6-14(11-13)20(21,22)23/h4-6,11,15H,7-10,12H2,1-3H3,(H,24,28). The first-order valence-electron chi connectivity index (χ1n) is 9.72. The van der Waals surface area contributed by atoms with Crippen molar-refractivity contribution in [2.45, 2.75) is 58.0 Å². The van der Waals surface area contributed by atoms with Gasteiger partial charge in [0.15, 0.2) is 0 Å². The van der Waals surface area contributed by atoms with Crippen LogP contribution in [0.2, 0.25) is 0 Å². The van der Waals surface area contributed by atoms with E-state index in [9.17, 15) is 18.0 Å². The van der Waals surface area contributed by atoms with Crippen molar-refractivity contribution >= 4 is 6.09 Å². The number of benzene rings is 1. The molecule has 2 aromatic rings. The minimum absolute atomic E-state index is 0.0273. The van der Waals surface area contributed by atoms with Gasteiger partial charge in [0.2, 0.25) is 11.7 Å². The number of likely N-dealkylation sites (tertiary alicyclic amines) is 1. The van der Waals surface area contributed by atoms with Crippen molar-refractivity contribution in [3.8, 4) is 11.4 Å². The van der Waals surface area contributed by atoms with Crippen LogP contribution in [0.25, 0.3) is 11.4 Å². The molecule has 164 valence electrons. The number of carbonyl (C=O) groups is 1. The SMILES string of the molecule is CC(C)(C)OC(=O)NC1CCN(Cc2nc(-c3cccc(C(F)(F)F)c3)no2)CC1. The van der Waals surface area contributed by atoms with Crippen molar-refractivity contribution in [2.75, 3.05) is 13.1 Å². The van der Waals surface area contributed by atoms with E-state index in [2.05, 4.69) is 20.4 Å². The van der Waals surface area contributed by atoms with Gasteiger partial charge in [-0.2, -0.15) is 18.2 Å². The van der Waals surface area contributed by atoms with Gasteiger partial charge in [-0.3, -0.25) is 4.90 Å². The molecule has 1 amide bonds. The van der Waals surface area contributed by atoms with Crippen LogP contribution in [-0.2, 0) is 17.5 Å². The third-order valence-electron chi connectivity index (χ3n) is 4.58. The Labute approximate surface area is 172 Å². The number of ether oxygens (including phenoxy) is 1. The van der Waals surface area contributed by atoms with Crippen LogP contribution in [0, 0.1) is 0 Å². The molecule has 1 aromatic carbocycles.